The van der Waals surface area contributed by atoms with Gasteiger partial charge in [-0.2, -0.15) is 0 Å². The zero-order valence-electron chi connectivity index (χ0n) is 14.3. The summed E-state index contributed by atoms with van der Waals surface area (Å²) < 4.78 is 1.72. The Balaban J connectivity index is 0.000000375. The van der Waals surface area contributed by atoms with Crippen LogP contribution in [0.5, 0.6) is 0 Å². The molecule has 0 atom stereocenters. The topological polar surface area (TPSA) is 136 Å². The molecule has 0 aromatic heterocycles. The van der Waals surface area contributed by atoms with Crippen molar-refractivity contribution >= 4 is 43.8 Å². The van der Waals surface area contributed by atoms with E-state index < -0.39 is 11.9 Å². The summed E-state index contributed by atoms with van der Waals surface area (Å²) in [7, 11) is 0. The maximum Gasteiger partial charge on any atom is 0.0742 e. The molecule has 8 heteroatoms. The highest BCUT2D eigenvalue weighted by Gasteiger charge is 1.91. The minimum atomic E-state index is -1.15. The summed E-state index contributed by atoms with van der Waals surface area (Å²) >= 11 is 6.36. The SMILES string of the molecule is O=C([O-])c1ccc(Br)cc1.O=C([O-])c1ccc(Br)cc1.[NH3+]CCCC[NH3+]. The van der Waals surface area contributed by atoms with Crippen LogP contribution in [-0.2, 0) is 0 Å². The van der Waals surface area contributed by atoms with Gasteiger partial charge in [-0.1, -0.05) is 56.1 Å². The van der Waals surface area contributed by atoms with Gasteiger partial charge in [0.1, 0.15) is 0 Å². The van der Waals surface area contributed by atoms with Crippen LogP contribution in [0.2, 0.25) is 0 Å². The monoisotopic (exact) mass is 488 g/mol. The predicted octanol–water partition coefficient (Wildman–Crippen LogP) is -0.124. The van der Waals surface area contributed by atoms with Crippen LogP contribution in [-0.4, -0.2) is 25.0 Å². The molecule has 2 aromatic carbocycles. The van der Waals surface area contributed by atoms with Crippen LogP contribution in [0.15, 0.2) is 57.5 Å². The predicted molar refractivity (Wildman–Crippen MR) is 102 cm³/mol. The number of benzene rings is 2. The number of carbonyl (C=O) groups excluding carboxylic acids is 2. The average molecular weight is 490 g/mol. The summed E-state index contributed by atoms with van der Waals surface area (Å²) in [4.78, 5) is 20.4. The Morgan fingerprint density at radius 2 is 0.962 bits per heavy atom. The van der Waals surface area contributed by atoms with Gasteiger partial charge in [-0.15, -0.1) is 0 Å². The number of hydrogen-bond acceptors (Lipinski definition) is 4. The van der Waals surface area contributed by atoms with Gasteiger partial charge in [0, 0.05) is 21.8 Å². The first-order chi connectivity index (χ1) is 12.3. The lowest BCUT2D eigenvalue weighted by Crippen LogP contribution is -2.53. The van der Waals surface area contributed by atoms with Crippen LogP contribution in [0, 0.1) is 0 Å². The number of carboxylic acid groups (broad SMARTS) is 2. The molecule has 6 nitrogen and oxygen atoms in total. The van der Waals surface area contributed by atoms with Gasteiger partial charge in [-0.3, -0.25) is 0 Å². The standard InChI is InChI=1S/2C7H5BrO2.C4H12N2/c2*8-6-3-1-5(2-4-6)7(9)10;5-3-1-2-4-6/h2*1-4H,(H,9,10);1-6H2. The molecule has 26 heavy (non-hydrogen) atoms. The summed E-state index contributed by atoms with van der Waals surface area (Å²) in [6.45, 7) is 2.13. The molecule has 0 spiro atoms. The molecule has 0 bridgehead atoms. The lowest BCUT2D eigenvalue weighted by Gasteiger charge is -1.99. The van der Waals surface area contributed by atoms with E-state index >= 15 is 0 Å². The summed E-state index contributed by atoms with van der Waals surface area (Å²) in [5.41, 5.74) is 7.79. The van der Waals surface area contributed by atoms with Crippen molar-refractivity contribution in [2.75, 3.05) is 13.1 Å². The van der Waals surface area contributed by atoms with Crippen molar-refractivity contribution < 1.29 is 31.3 Å². The van der Waals surface area contributed by atoms with Gasteiger partial charge in [-0.05, 0) is 35.4 Å². The molecule has 142 valence electrons. The molecule has 0 heterocycles. The van der Waals surface area contributed by atoms with Crippen LogP contribution < -0.4 is 21.7 Å². The fraction of sp³-hybridized carbons (Fsp3) is 0.222. The second kappa shape index (κ2) is 14.4. The Morgan fingerprint density at radius 1 is 0.692 bits per heavy atom. The van der Waals surface area contributed by atoms with E-state index in [1.165, 1.54) is 37.1 Å². The van der Waals surface area contributed by atoms with Crippen molar-refractivity contribution in [3.05, 3.63) is 68.6 Å². The van der Waals surface area contributed by atoms with E-state index in [2.05, 4.69) is 43.3 Å². The van der Waals surface area contributed by atoms with Crippen molar-refractivity contribution in [3.63, 3.8) is 0 Å². The van der Waals surface area contributed by atoms with Crippen LogP contribution in [0.1, 0.15) is 33.6 Å². The molecule has 0 saturated carbocycles. The molecule has 0 radical (unpaired) electrons. The van der Waals surface area contributed by atoms with Crippen molar-refractivity contribution in [1.29, 1.82) is 0 Å². The average Bonchev–Trinajstić information content (AvgIpc) is 2.62. The smallest absolute Gasteiger partial charge is 0.0742 e. The Kier molecular flexibility index (Phi) is 13.5. The number of halogens is 2. The zero-order valence-corrected chi connectivity index (χ0v) is 17.4. The molecule has 0 aliphatic carbocycles. The van der Waals surface area contributed by atoms with E-state index in [0.717, 1.165) is 22.0 Å². The lowest BCUT2D eigenvalue weighted by molar-refractivity contribution is -0.384. The number of carboxylic acids is 2. The number of rotatable bonds is 5. The van der Waals surface area contributed by atoms with Gasteiger partial charge in [0.05, 0.1) is 25.0 Å². The van der Waals surface area contributed by atoms with Crippen molar-refractivity contribution in [1.82, 2.24) is 0 Å². The fourth-order valence-electron chi connectivity index (χ4n) is 1.53. The van der Waals surface area contributed by atoms with Gasteiger partial charge < -0.3 is 31.3 Å². The van der Waals surface area contributed by atoms with E-state index in [0.29, 0.717) is 0 Å². The third kappa shape index (κ3) is 11.8. The van der Waals surface area contributed by atoms with E-state index in [9.17, 15) is 19.8 Å². The molecule has 6 N–H and O–H groups in total. The van der Waals surface area contributed by atoms with E-state index in [1.54, 1.807) is 24.3 Å². The number of quaternary nitrogens is 2. The van der Waals surface area contributed by atoms with Gasteiger partial charge in [0.25, 0.3) is 0 Å². The number of carbonyl (C=O) groups is 2. The molecule has 0 unspecified atom stereocenters. The quantitative estimate of drug-likeness (QED) is 0.565. The highest BCUT2D eigenvalue weighted by Crippen LogP contribution is 2.10. The molecule has 0 aliphatic heterocycles. The summed E-state index contributed by atoms with van der Waals surface area (Å²) in [6, 6.07) is 12.6. The summed E-state index contributed by atoms with van der Waals surface area (Å²) in [5.74, 6) is -2.29. The first-order valence-corrected chi connectivity index (χ1v) is 9.42. The van der Waals surface area contributed by atoms with Crippen molar-refractivity contribution in [2.45, 2.75) is 12.8 Å². The van der Waals surface area contributed by atoms with E-state index in [1.807, 2.05) is 0 Å². The lowest BCUT2D eigenvalue weighted by atomic mass is 10.2. The largest absolute Gasteiger partial charge is 0.545 e. The fourth-order valence-corrected chi connectivity index (χ4v) is 2.05. The second-order valence-corrected chi connectivity index (χ2v) is 6.83. The third-order valence-electron chi connectivity index (χ3n) is 2.91. The molecule has 2 aromatic rings. The van der Waals surface area contributed by atoms with Gasteiger partial charge in [-0.25, -0.2) is 0 Å². The Bertz CT molecular complexity index is 602. The minimum absolute atomic E-state index is 0.197. The first kappa shape index (κ1) is 24.3. The molecule has 0 aliphatic rings. The maximum atomic E-state index is 10.2. The zero-order chi connectivity index (χ0) is 19.9. The van der Waals surface area contributed by atoms with Crippen molar-refractivity contribution in [2.24, 2.45) is 0 Å². The highest BCUT2D eigenvalue weighted by molar-refractivity contribution is 9.10. The van der Waals surface area contributed by atoms with Gasteiger partial charge >= 0.3 is 0 Å². The van der Waals surface area contributed by atoms with Crippen molar-refractivity contribution in [3.8, 4) is 0 Å². The molecule has 0 amide bonds. The number of aromatic carboxylic acids is 2. The van der Waals surface area contributed by atoms with E-state index in [-0.39, 0.29) is 11.1 Å². The molecular formula is C18H22Br2N2O4. The minimum Gasteiger partial charge on any atom is -0.545 e. The van der Waals surface area contributed by atoms with Crippen LogP contribution in [0.4, 0.5) is 0 Å². The molecule has 0 saturated heterocycles. The van der Waals surface area contributed by atoms with E-state index in [4.69, 9.17) is 0 Å². The normalized spacial score (nSPS) is 9.23. The molecular weight excluding hydrogens is 468 g/mol. The Labute approximate surface area is 169 Å². The van der Waals surface area contributed by atoms with Gasteiger partial charge in [0.15, 0.2) is 0 Å². The second-order valence-electron chi connectivity index (χ2n) is 5.00. The van der Waals surface area contributed by atoms with Crippen LogP contribution in [0.25, 0.3) is 0 Å². The summed E-state index contributed by atoms with van der Waals surface area (Å²) in [5, 5.41) is 20.4. The number of hydrogen-bond donors (Lipinski definition) is 2. The molecule has 0 fully saturated rings. The van der Waals surface area contributed by atoms with Crippen LogP contribution >= 0.6 is 31.9 Å². The number of unbranched alkanes of at least 4 members (excludes halogenated alkanes) is 1. The molecule has 2 rings (SSSR count). The maximum absolute atomic E-state index is 10.2. The first-order valence-electron chi connectivity index (χ1n) is 7.84. The highest BCUT2D eigenvalue weighted by atomic mass is 79.9. The Hall–Kier alpha value is -1.74. The third-order valence-corrected chi connectivity index (χ3v) is 3.97. The Morgan fingerprint density at radius 3 is 1.15 bits per heavy atom. The summed E-state index contributed by atoms with van der Waals surface area (Å²) in [6.07, 6.45) is 2.48. The van der Waals surface area contributed by atoms with Gasteiger partial charge in [0.2, 0.25) is 0 Å². The van der Waals surface area contributed by atoms with Crippen LogP contribution in [0.3, 0.4) is 0 Å².